The second-order valence-electron chi connectivity index (χ2n) is 6.71. The predicted molar refractivity (Wildman–Crippen MR) is 113 cm³/mol. The molecule has 1 aliphatic rings. The topological polar surface area (TPSA) is 52.2 Å². The summed E-state index contributed by atoms with van der Waals surface area (Å²) in [7, 11) is 1.85. The smallest absolute Gasteiger partial charge is 0.191 e. The number of aliphatic imine (C=N–C) groups is 1. The lowest BCUT2D eigenvalue weighted by Gasteiger charge is -2.28. The van der Waals surface area contributed by atoms with Crippen LogP contribution >= 0.6 is 24.0 Å². The molecule has 2 aromatic rings. The van der Waals surface area contributed by atoms with Crippen molar-refractivity contribution in [3.05, 3.63) is 36.0 Å². The van der Waals surface area contributed by atoms with Gasteiger partial charge < -0.3 is 15.6 Å². The number of nitrogens with zero attached hydrogens (tertiary/aromatic N) is 1. The minimum Gasteiger partial charge on any atom is -0.361 e. The SMILES string of the molecule is CN=C(NCCc1c[nH]c2ccccc12)NC1CCC(C)CC1.I. The molecule has 0 radical (unpaired) electrons. The molecule has 0 unspecified atom stereocenters. The van der Waals surface area contributed by atoms with Crippen LogP contribution in [0.3, 0.4) is 0 Å². The van der Waals surface area contributed by atoms with Crippen molar-refractivity contribution in [1.82, 2.24) is 15.6 Å². The molecule has 1 aliphatic carbocycles. The Hall–Kier alpha value is -1.24. The van der Waals surface area contributed by atoms with Crippen LogP contribution in [0.5, 0.6) is 0 Å². The lowest BCUT2D eigenvalue weighted by atomic mass is 9.87. The Morgan fingerprint density at radius 2 is 1.96 bits per heavy atom. The van der Waals surface area contributed by atoms with E-state index in [1.165, 1.54) is 42.1 Å². The first-order valence-corrected chi connectivity index (χ1v) is 8.78. The number of hydrogen-bond donors (Lipinski definition) is 3. The number of hydrogen-bond acceptors (Lipinski definition) is 1. The van der Waals surface area contributed by atoms with Crippen molar-refractivity contribution in [2.75, 3.05) is 13.6 Å². The highest BCUT2D eigenvalue weighted by atomic mass is 127. The van der Waals surface area contributed by atoms with Gasteiger partial charge in [0.1, 0.15) is 0 Å². The third-order valence-corrected chi connectivity index (χ3v) is 4.94. The van der Waals surface area contributed by atoms with E-state index in [-0.39, 0.29) is 24.0 Å². The molecular formula is C19H29IN4. The van der Waals surface area contributed by atoms with Crippen molar-refractivity contribution in [3.8, 4) is 0 Å². The Bertz CT molecular complexity index is 656. The van der Waals surface area contributed by atoms with Crippen molar-refractivity contribution in [2.24, 2.45) is 10.9 Å². The number of benzene rings is 1. The summed E-state index contributed by atoms with van der Waals surface area (Å²) in [6.07, 6.45) is 8.26. The molecule has 4 nitrogen and oxygen atoms in total. The van der Waals surface area contributed by atoms with Crippen LogP contribution in [0.4, 0.5) is 0 Å². The highest BCUT2D eigenvalue weighted by Gasteiger charge is 2.18. The molecule has 1 aromatic carbocycles. The van der Waals surface area contributed by atoms with Gasteiger partial charge in [0.2, 0.25) is 0 Å². The first-order chi connectivity index (χ1) is 11.3. The number of halogens is 1. The Balaban J connectivity index is 0.00000208. The number of H-pyrrole nitrogens is 1. The van der Waals surface area contributed by atoms with Gasteiger partial charge in [-0.05, 0) is 49.7 Å². The van der Waals surface area contributed by atoms with Crippen LogP contribution < -0.4 is 10.6 Å². The zero-order chi connectivity index (χ0) is 16.1. The molecule has 0 spiro atoms. The highest BCUT2D eigenvalue weighted by molar-refractivity contribution is 14.0. The minimum atomic E-state index is 0. The van der Waals surface area contributed by atoms with Gasteiger partial charge in [-0.25, -0.2) is 0 Å². The molecule has 0 atom stereocenters. The van der Waals surface area contributed by atoms with Gasteiger partial charge in [-0.15, -0.1) is 24.0 Å². The van der Waals surface area contributed by atoms with Gasteiger partial charge in [-0.1, -0.05) is 25.1 Å². The standard InChI is InChI=1S/C19H28N4.HI/c1-14-7-9-16(10-8-14)23-19(20-2)21-12-11-15-13-22-18-6-4-3-5-17(15)18;/h3-6,13-14,16,22H,7-12H2,1-2H3,(H2,20,21,23);1H. The molecule has 1 heterocycles. The summed E-state index contributed by atoms with van der Waals surface area (Å²) >= 11 is 0. The van der Waals surface area contributed by atoms with E-state index < -0.39 is 0 Å². The highest BCUT2D eigenvalue weighted by Crippen LogP contribution is 2.23. The second kappa shape index (κ2) is 9.30. The van der Waals surface area contributed by atoms with Crippen molar-refractivity contribution in [1.29, 1.82) is 0 Å². The number of nitrogens with one attached hydrogen (secondary N) is 3. The maximum Gasteiger partial charge on any atom is 0.191 e. The molecule has 1 saturated carbocycles. The second-order valence-corrected chi connectivity index (χ2v) is 6.71. The van der Waals surface area contributed by atoms with E-state index in [9.17, 15) is 0 Å². The molecule has 24 heavy (non-hydrogen) atoms. The quantitative estimate of drug-likeness (QED) is 0.382. The summed E-state index contributed by atoms with van der Waals surface area (Å²) in [6, 6.07) is 9.04. The van der Waals surface area contributed by atoms with Crippen molar-refractivity contribution < 1.29 is 0 Å². The van der Waals surface area contributed by atoms with Crippen molar-refractivity contribution in [3.63, 3.8) is 0 Å². The van der Waals surface area contributed by atoms with E-state index in [4.69, 9.17) is 0 Å². The van der Waals surface area contributed by atoms with Gasteiger partial charge in [0.25, 0.3) is 0 Å². The van der Waals surface area contributed by atoms with E-state index in [1.54, 1.807) is 0 Å². The summed E-state index contributed by atoms with van der Waals surface area (Å²) < 4.78 is 0. The number of rotatable bonds is 4. The first kappa shape index (κ1) is 19.1. The molecule has 0 amide bonds. The van der Waals surface area contributed by atoms with Crippen LogP contribution in [-0.2, 0) is 6.42 Å². The molecule has 3 N–H and O–H groups in total. The molecule has 0 saturated heterocycles. The Morgan fingerprint density at radius 3 is 2.71 bits per heavy atom. The average molecular weight is 440 g/mol. The molecule has 3 rings (SSSR count). The molecule has 1 fully saturated rings. The van der Waals surface area contributed by atoms with Crippen molar-refractivity contribution in [2.45, 2.75) is 45.1 Å². The fourth-order valence-electron chi connectivity index (χ4n) is 3.45. The van der Waals surface area contributed by atoms with Crippen LogP contribution in [0, 0.1) is 5.92 Å². The normalized spacial score (nSPS) is 21.3. The van der Waals surface area contributed by atoms with Gasteiger partial charge in [0, 0.05) is 36.7 Å². The van der Waals surface area contributed by atoms with Gasteiger partial charge in [-0.2, -0.15) is 0 Å². The fourth-order valence-corrected chi connectivity index (χ4v) is 3.45. The average Bonchev–Trinajstić information content (AvgIpc) is 2.99. The Labute approximate surface area is 161 Å². The third kappa shape index (κ3) is 4.88. The van der Waals surface area contributed by atoms with Gasteiger partial charge >= 0.3 is 0 Å². The van der Waals surface area contributed by atoms with Crippen LogP contribution in [0.2, 0.25) is 0 Å². The van der Waals surface area contributed by atoms with Crippen LogP contribution in [0.1, 0.15) is 38.2 Å². The molecule has 1 aromatic heterocycles. The summed E-state index contributed by atoms with van der Waals surface area (Å²) in [5, 5.41) is 8.35. The van der Waals surface area contributed by atoms with Gasteiger partial charge in [0.15, 0.2) is 5.96 Å². The predicted octanol–water partition coefficient (Wildman–Crippen LogP) is 4.07. The monoisotopic (exact) mass is 440 g/mol. The van der Waals surface area contributed by atoms with Gasteiger partial charge in [-0.3, -0.25) is 4.99 Å². The summed E-state index contributed by atoms with van der Waals surface area (Å²) in [5.41, 5.74) is 2.57. The maximum atomic E-state index is 4.37. The van der Waals surface area contributed by atoms with E-state index in [1.807, 2.05) is 7.05 Å². The Kier molecular flexibility index (Phi) is 7.40. The minimum absolute atomic E-state index is 0. The number of fused-ring (bicyclic) bond motifs is 1. The molecule has 0 bridgehead atoms. The lowest BCUT2D eigenvalue weighted by molar-refractivity contribution is 0.329. The van der Waals surface area contributed by atoms with E-state index in [0.29, 0.717) is 6.04 Å². The summed E-state index contributed by atoms with van der Waals surface area (Å²) in [5.74, 6) is 1.81. The number of guanidine groups is 1. The summed E-state index contributed by atoms with van der Waals surface area (Å²) in [6.45, 7) is 3.25. The Morgan fingerprint density at radius 1 is 1.21 bits per heavy atom. The van der Waals surface area contributed by atoms with Crippen LogP contribution in [0.15, 0.2) is 35.5 Å². The maximum absolute atomic E-state index is 4.37. The fraction of sp³-hybridized carbons (Fsp3) is 0.526. The lowest BCUT2D eigenvalue weighted by Crippen LogP contribution is -2.45. The zero-order valence-electron chi connectivity index (χ0n) is 14.6. The number of aromatic nitrogens is 1. The van der Waals surface area contributed by atoms with Crippen molar-refractivity contribution >= 4 is 40.8 Å². The third-order valence-electron chi connectivity index (χ3n) is 4.94. The number of aromatic amines is 1. The molecule has 132 valence electrons. The van der Waals surface area contributed by atoms with Gasteiger partial charge in [0.05, 0.1) is 0 Å². The van der Waals surface area contributed by atoms with E-state index in [0.717, 1.165) is 24.8 Å². The largest absolute Gasteiger partial charge is 0.361 e. The van der Waals surface area contributed by atoms with E-state index >= 15 is 0 Å². The zero-order valence-corrected chi connectivity index (χ0v) is 17.0. The molecule has 5 heteroatoms. The van der Waals surface area contributed by atoms with E-state index in [2.05, 4.69) is 58.0 Å². The number of para-hydroxylation sites is 1. The van der Waals surface area contributed by atoms with Crippen LogP contribution in [-0.4, -0.2) is 30.6 Å². The first-order valence-electron chi connectivity index (χ1n) is 8.78. The summed E-state index contributed by atoms with van der Waals surface area (Å²) in [4.78, 5) is 7.71. The molecular weight excluding hydrogens is 411 g/mol. The molecule has 0 aliphatic heterocycles. The van der Waals surface area contributed by atoms with Crippen LogP contribution in [0.25, 0.3) is 10.9 Å².